The highest BCUT2D eigenvalue weighted by atomic mass is 79.9. The standard InChI is InChI=1S/C13H20BrNO2S2/c1-11-10-12(6-7-13(11)14)19(16,17)15-8-4-3-5-9-18-2/h6-7,10,15H,3-5,8-9H2,1-2H3. The monoisotopic (exact) mass is 365 g/mol. The lowest BCUT2D eigenvalue weighted by Gasteiger charge is -2.08. The summed E-state index contributed by atoms with van der Waals surface area (Å²) in [5.74, 6) is 1.14. The normalized spacial score (nSPS) is 11.7. The Morgan fingerprint density at radius 2 is 2.00 bits per heavy atom. The lowest BCUT2D eigenvalue weighted by atomic mass is 10.2. The van der Waals surface area contributed by atoms with E-state index in [4.69, 9.17) is 0 Å². The SMILES string of the molecule is CSCCCCCNS(=O)(=O)c1ccc(Br)c(C)c1. The van der Waals surface area contributed by atoms with Gasteiger partial charge in [-0.3, -0.25) is 0 Å². The molecule has 0 unspecified atom stereocenters. The van der Waals surface area contributed by atoms with E-state index in [-0.39, 0.29) is 0 Å². The van der Waals surface area contributed by atoms with E-state index in [0.717, 1.165) is 35.1 Å². The lowest BCUT2D eigenvalue weighted by molar-refractivity contribution is 0.576. The van der Waals surface area contributed by atoms with Crippen LogP contribution in [0.3, 0.4) is 0 Å². The number of aryl methyl sites for hydroxylation is 1. The molecule has 0 aliphatic heterocycles. The molecular formula is C13H20BrNO2S2. The first-order valence-corrected chi connectivity index (χ1v) is 9.89. The molecule has 0 saturated carbocycles. The number of unbranched alkanes of at least 4 members (excludes halogenated alkanes) is 2. The molecule has 0 spiro atoms. The van der Waals surface area contributed by atoms with Crippen LogP contribution < -0.4 is 4.72 Å². The van der Waals surface area contributed by atoms with Gasteiger partial charge < -0.3 is 0 Å². The molecule has 0 bridgehead atoms. The fourth-order valence-electron chi connectivity index (χ4n) is 1.62. The molecule has 108 valence electrons. The zero-order chi connectivity index (χ0) is 14.3. The highest BCUT2D eigenvalue weighted by Gasteiger charge is 2.13. The molecule has 0 fully saturated rings. The number of thioether (sulfide) groups is 1. The Bertz CT molecular complexity index is 503. The van der Waals surface area contributed by atoms with Crippen molar-refractivity contribution in [3.05, 3.63) is 28.2 Å². The van der Waals surface area contributed by atoms with E-state index in [0.29, 0.717) is 11.4 Å². The third kappa shape index (κ3) is 5.85. The number of nitrogens with one attached hydrogen (secondary N) is 1. The summed E-state index contributed by atoms with van der Waals surface area (Å²) in [6, 6.07) is 5.07. The quantitative estimate of drug-likeness (QED) is 0.716. The van der Waals surface area contributed by atoms with Crippen molar-refractivity contribution in [2.75, 3.05) is 18.6 Å². The van der Waals surface area contributed by atoms with Gasteiger partial charge in [-0.05, 0) is 55.5 Å². The maximum absolute atomic E-state index is 12.1. The van der Waals surface area contributed by atoms with Crippen LogP contribution in [0, 0.1) is 6.92 Å². The van der Waals surface area contributed by atoms with E-state index in [1.165, 1.54) is 0 Å². The molecule has 1 N–H and O–H groups in total. The molecule has 0 amide bonds. The molecule has 0 saturated heterocycles. The summed E-state index contributed by atoms with van der Waals surface area (Å²) < 4.78 is 27.7. The molecule has 1 aromatic rings. The Kier molecular flexibility index (Phi) is 7.42. The van der Waals surface area contributed by atoms with Gasteiger partial charge in [0, 0.05) is 11.0 Å². The Labute approximate surface area is 128 Å². The Morgan fingerprint density at radius 3 is 2.63 bits per heavy atom. The molecule has 0 aliphatic carbocycles. The van der Waals surface area contributed by atoms with Gasteiger partial charge in [-0.1, -0.05) is 22.4 Å². The van der Waals surface area contributed by atoms with Crippen molar-refractivity contribution in [2.24, 2.45) is 0 Å². The molecule has 1 aromatic carbocycles. The first-order valence-electron chi connectivity index (χ1n) is 6.22. The summed E-state index contributed by atoms with van der Waals surface area (Å²) in [5.41, 5.74) is 0.919. The molecule has 19 heavy (non-hydrogen) atoms. The van der Waals surface area contributed by atoms with Crippen molar-refractivity contribution in [1.82, 2.24) is 4.72 Å². The minimum Gasteiger partial charge on any atom is -0.211 e. The molecule has 0 radical (unpaired) electrons. The molecule has 0 aromatic heterocycles. The number of sulfonamides is 1. The van der Waals surface area contributed by atoms with Crippen LogP contribution in [-0.2, 0) is 10.0 Å². The van der Waals surface area contributed by atoms with Gasteiger partial charge in [-0.25, -0.2) is 13.1 Å². The van der Waals surface area contributed by atoms with Crippen molar-refractivity contribution in [2.45, 2.75) is 31.1 Å². The Balaban J connectivity index is 2.49. The highest BCUT2D eigenvalue weighted by molar-refractivity contribution is 9.10. The van der Waals surface area contributed by atoms with Crippen molar-refractivity contribution < 1.29 is 8.42 Å². The Morgan fingerprint density at radius 1 is 1.26 bits per heavy atom. The number of rotatable bonds is 8. The van der Waals surface area contributed by atoms with Crippen LogP contribution >= 0.6 is 27.7 Å². The summed E-state index contributed by atoms with van der Waals surface area (Å²) in [5, 5.41) is 0. The number of benzene rings is 1. The third-order valence-corrected chi connectivity index (χ3v) is 5.80. The average Bonchev–Trinajstić information content (AvgIpc) is 2.36. The molecule has 0 aliphatic rings. The van der Waals surface area contributed by atoms with Crippen LogP contribution in [0.5, 0.6) is 0 Å². The van der Waals surface area contributed by atoms with E-state index >= 15 is 0 Å². The van der Waals surface area contributed by atoms with Crippen LogP contribution in [0.1, 0.15) is 24.8 Å². The van der Waals surface area contributed by atoms with E-state index in [2.05, 4.69) is 26.9 Å². The van der Waals surface area contributed by atoms with Gasteiger partial charge in [0.25, 0.3) is 0 Å². The first-order chi connectivity index (χ1) is 8.97. The van der Waals surface area contributed by atoms with Crippen LogP contribution in [0.4, 0.5) is 0 Å². The molecule has 0 heterocycles. The minimum absolute atomic E-state index is 0.331. The van der Waals surface area contributed by atoms with Crippen molar-refractivity contribution in [3.8, 4) is 0 Å². The topological polar surface area (TPSA) is 46.2 Å². The zero-order valence-corrected chi connectivity index (χ0v) is 14.5. The molecular weight excluding hydrogens is 346 g/mol. The van der Waals surface area contributed by atoms with Gasteiger partial charge in [0.15, 0.2) is 0 Å². The number of hydrogen-bond donors (Lipinski definition) is 1. The van der Waals surface area contributed by atoms with Crippen LogP contribution in [-0.4, -0.2) is 27.0 Å². The Hall–Kier alpha value is -0.0400. The number of halogens is 1. The zero-order valence-electron chi connectivity index (χ0n) is 11.3. The summed E-state index contributed by atoms with van der Waals surface area (Å²) in [7, 11) is -3.37. The molecule has 3 nitrogen and oxygen atoms in total. The summed E-state index contributed by atoms with van der Waals surface area (Å²) in [6.07, 6.45) is 5.16. The van der Waals surface area contributed by atoms with E-state index in [1.807, 2.05) is 18.7 Å². The third-order valence-electron chi connectivity index (χ3n) is 2.76. The fraction of sp³-hybridized carbons (Fsp3) is 0.538. The highest BCUT2D eigenvalue weighted by Crippen LogP contribution is 2.19. The van der Waals surface area contributed by atoms with Gasteiger partial charge in [0.2, 0.25) is 10.0 Å². The predicted octanol–water partition coefficient (Wildman–Crippen LogP) is 3.57. The molecule has 1 rings (SSSR count). The molecule has 6 heteroatoms. The second kappa shape index (κ2) is 8.29. The fourth-order valence-corrected chi connectivity index (χ4v) is 3.52. The van der Waals surface area contributed by atoms with Crippen molar-refractivity contribution >= 4 is 37.7 Å². The van der Waals surface area contributed by atoms with E-state index in [9.17, 15) is 8.42 Å². The van der Waals surface area contributed by atoms with Crippen molar-refractivity contribution in [1.29, 1.82) is 0 Å². The maximum Gasteiger partial charge on any atom is 0.240 e. The predicted molar refractivity (Wildman–Crippen MR) is 86.3 cm³/mol. The van der Waals surface area contributed by atoms with Crippen LogP contribution in [0.2, 0.25) is 0 Å². The smallest absolute Gasteiger partial charge is 0.211 e. The van der Waals surface area contributed by atoms with E-state index in [1.54, 1.807) is 18.2 Å². The molecule has 0 atom stereocenters. The number of hydrogen-bond acceptors (Lipinski definition) is 3. The minimum atomic E-state index is -3.37. The summed E-state index contributed by atoms with van der Waals surface area (Å²) in [4.78, 5) is 0.331. The lowest BCUT2D eigenvalue weighted by Crippen LogP contribution is -2.24. The van der Waals surface area contributed by atoms with Crippen molar-refractivity contribution in [3.63, 3.8) is 0 Å². The van der Waals surface area contributed by atoms with Gasteiger partial charge in [0.1, 0.15) is 0 Å². The largest absolute Gasteiger partial charge is 0.240 e. The first kappa shape index (κ1) is 17.0. The van der Waals surface area contributed by atoms with Crippen LogP contribution in [0.15, 0.2) is 27.6 Å². The second-order valence-corrected chi connectivity index (χ2v) is 7.97. The van der Waals surface area contributed by atoms with Gasteiger partial charge >= 0.3 is 0 Å². The summed E-state index contributed by atoms with van der Waals surface area (Å²) >= 11 is 5.19. The second-order valence-electron chi connectivity index (χ2n) is 4.36. The van der Waals surface area contributed by atoms with Gasteiger partial charge in [0.05, 0.1) is 4.90 Å². The van der Waals surface area contributed by atoms with Crippen LogP contribution in [0.25, 0.3) is 0 Å². The maximum atomic E-state index is 12.1. The van der Waals surface area contributed by atoms with Gasteiger partial charge in [-0.15, -0.1) is 0 Å². The average molecular weight is 366 g/mol. The van der Waals surface area contributed by atoms with Gasteiger partial charge in [-0.2, -0.15) is 11.8 Å². The van der Waals surface area contributed by atoms with E-state index < -0.39 is 10.0 Å². The summed E-state index contributed by atoms with van der Waals surface area (Å²) in [6.45, 7) is 2.39.